The van der Waals surface area contributed by atoms with E-state index in [0.717, 1.165) is 46.6 Å². The summed E-state index contributed by atoms with van der Waals surface area (Å²) in [5.41, 5.74) is 2.33. The molecule has 6 nitrogen and oxygen atoms in total. The highest BCUT2D eigenvalue weighted by molar-refractivity contribution is 7.80. The second kappa shape index (κ2) is 10.3. The van der Waals surface area contributed by atoms with Gasteiger partial charge < -0.3 is 10.1 Å². The Kier molecular flexibility index (Phi) is 7.21. The van der Waals surface area contributed by atoms with Crippen LogP contribution < -0.4 is 10.1 Å². The molecule has 0 bridgehead atoms. The number of ether oxygens (including phenoxy) is 1. The van der Waals surface area contributed by atoms with E-state index in [0.29, 0.717) is 31.0 Å². The van der Waals surface area contributed by atoms with Gasteiger partial charge in [-0.25, -0.2) is 20.9 Å². The number of likely N-dealkylation sites (tertiary alicyclic amines) is 1. The molecule has 0 amide bonds. The van der Waals surface area contributed by atoms with E-state index in [-0.39, 0.29) is 11.2 Å². The van der Waals surface area contributed by atoms with Gasteiger partial charge in [0.15, 0.2) is 0 Å². The fraction of sp³-hybridized carbons (Fsp3) is 0.333. The van der Waals surface area contributed by atoms with Crippen molar-refractivity contribution in [3.05, 3.63) is 64.5 Å². The number of thiocarbonyl (C=S) groups is 1. The summed E-state index contributed by atoms with van der Waals surface area (Å²) in [7, 11) is 0. The van der Waals surface area contributed by atoms with Crippen LogP contribution in [0.5, 0.6) is 5.75 Å². The van der Waals surface area contributed by atoms with Gasteiger partial charge in [-0.1, -0.05) is 23.8 Å². The highest BCUT2D eigenvalue weighted by atomic mass is 35.5. The molecular weight excluding hydrogens is 461 g/mol. The average Bonchev–Trinajstić information content (AvgIpc) is 3.29. The first-order chi connectivity index (χ1) is 16.0. The van der Waals surface area contributed by atoms with E-state index in [2.05, 4.69) is 20.1 Å². The van der Waals surface area contributed by atoms with Crippen LogP contribution in [0.1, 0.15) is 31.7 Å². The van der Waals surface area contributed by atoms with Gasteiger partial charge in [0.05, 0.1) is 22.1 Å². The number of aryl methyl sites for hydroxylation is 1. The molecule has 1 fully saturated rings. The molecule has 3 aromatic rings. The molecule has 1 N–H and O–H groups in total. The molecule has 0 aliphatic carbocycles. The van der Waals surface area contributed by atoms with Gasteiger partial charge in [-0.3, -0.25) is 9.74 Å². The zero-order valence-corrected chi connectivity index (χ0v) is 19.7. The van der Waals surface area contributed by atoms with Crippen molar-refractivity contribution in [1.82, 2.24) is 14.9 Å². The standard InChI is InChI=1S/C24H23ClFN5OS/c1-3-32-21-13-20-17(11-15(21)6-9-23(33)31-10-4-5-22(31)27-2)24(29-14-28-20)30-16-7-8-19(26)18(25)12-16/h7-8,11-14,22H,3-6,9-10H2,1H3,(H,28,29,30). The molecule has 170 valence electrons. The summed E-state index contributed by atoms with van der Waals surface area (Å²) < 4.78 is 19.4. The molecule has 9 heteroatoms. The zero-order valence-electron chi connectivity index (χ0n) is 18.1. The van der Waals surface area contributed by atoms with Gasteiger partial charge in [-0.2, -0.15) is 0 Å². The molecule has 1 aromatic heterocycles. The smallest absolute Gasteiger partial charge is 0.298 e. The van der Waals surface area contributed by atoms with Crippen LogP contribution in [0.25, 0.3) is 15.7 Å². The predicted octanol–water partition coefficient (Wildman–Crippen LogP) is 6.17. The van der Waals surface area contributed by atoms with Gasteiger partial charge in [0, 0.05) is 36.5 Å². The number of anilines is 2. The van der Waals surface area contributed by atoms with Crippen molar-refractivity contribution in [1.29, 1.82) is 0 Å². The first-order valence-corrected chi connectivity index (χ1v) is 11.6. The third-order valence-electron chi connectivity index (χ3n) is 5.60. The summed E-state index contributed by atoms with van der Waals surface area (Å²) in [6, 6.07) is 8.34. The lowest BCUT2D eigenvalue weighted by Gasteiger charge is -2.20. The van der Waals surface area contributed by atoms with E-state index in [1.54, 1.807) is 6.07 Å². The van der Waals surface area contributed by atoms with Gasteiger partial charge in [0.2, 0.25) is 0 Å². The Morgan fingerprint density at radius 3 is 2.97 bits per heavy atom. The van der Waals surface area contributed by atoms with Crippen LogP contribution in [-0.2, 0) is 6.42 Å². The highest BCUT2D eigenvalue weighted by Crippen LogP contribution is 2.32. The molecular formula is C24H23ClFN5OS. The summed E-state index contributed by atoms with van der Waals surface area (Å²) in [6.07, 6.45) is 4.50. The van der Waals surface area contributed by atoms with E-state index in [1.165, 1.54) is 18.5 Å². The summed E-state index contributed by atoms with van der Waals surface area (Å²) in [6.45, 7) is 10.7. The number of aromatic nitrogens is 2. The Labute approximate surface area is 202 Å². The fourth-order valence-electron chi connectivity index (χ4n) is 3.98. The van der Waals surface area contributed by atoms with Gasteiger partial charge in [0.25, 0.3) is 6.17 Å². The Bertz CT molecular complexity index is 1230. The van der Waals surface area contributed by atoms with Crippen molar-refractivity contribution in [3.8, 4) is 5.75 Å². The van der Waals surface area contributed by atoms with Crippen molar-refractivity contribution in [2.75, 3.05) is 18.5 Å². The van der Waals surface area contributed by atoms with Crippen LogP contribution >= 0.6 is 23.8 Å². The first kappa shape index (κ1) is 23.1. The Balaban J connectivity index is 1.63. The van der Waals surface area contributed by atoms with Gasteiger partial charge >= 0.3 is 0 Å². The van der Waals surface area contributed by atoms with E-state index in [9.17, 15) is 4.39 Å². The molecule has 0 radical (unpaired) electrons. The maximum absolute atomic E-state index is 13.5. The van der Waals surface area contributed by atoms with E-state index in [1.807, 2.05) is 24.0 Å². The maximum Gasteiger partial charge on any atom is 0.298 e. The van der Waals surface area contributed by atoms with Crippen LogP contribution in [0.4, 0.5) is 15.9 Å². The van der Waals surface area contributed by atoms with E-state index < -0.39 is 5.82 Å². The molecule has 1 saturated heterocycles. The second-order valence-electron chi connectivity index (χ2n) is 7.73. The molecule has 0 saturated carbocycles. The molecule has 1 unspecified atom stereocenters. The monoisotopic (exact) mass is 483 g/mol. The minimum Gasteiger partial charge on any atom is -0.494 e. The maximum atomic E-state index is 13.5. The largest absolute Gasteiger partial charge is 0.494 e. The quantitative estimate of drug-likeness (QED) is 0.320. The Morgan fingerprint density at radius 1 is 1.36 bits per heavy atom. The Morgan fingerprint density at radius 2 is 2.21 bits per heavy atom. The van der Waals surface area contributed by atoms with E-state index in [4.69, 9.17) is 35.1 Å². The van der Waals surface area contributed by atoms with Crippen molar-refractivity contribution >= 4 is 51.2 Å². The van der Waals surface area contributed by atoms with Gasteiger partial charge in [0.1, 0.15) is 23.7 Å². The van der Waals surface area contributed by atoms with Crippen LogP contribution in [0.15, 0.2) is 36.7 Å². The van der Waals surface area contributed by atoms with Crippen molar-refractivity contribution in [2.45, 2.75) is 38.8 Å². The third kappa shape index (κ3) is 5.15. The molecule has 0 spiro atoms. The molecule has 1 atom stereocenters. The van der Waals surface area contributed by atoms with Crippen LogP contribution in [0.2, 0.25) is 5.02 Å². The predicted molar refractivity (Wildman–Crippen MR) is 133 cm³/mol. The number of fused-ring (bicyclic) bond motifs is 1. The minimum absolute atomic E-state index is 0.0332. The SMILES string of the molecule is [C-]#[N+]C1CCCN1C(=S)CCc1cc2c(Nc3ccc(F)c(Cl)c3)ncnc2cc1OCC. The summed E-state index contributed by atoms with van der Waals surface area (Å²) in [5.74, 6) is 0.862. The normalized spacial score (nSPS) is 15.5. The topological polar surface area (TPSA) is 54.6 Å². The number of rotatable bonds is 7. The van der Waals surface area contributed by atoms with E-state index >= 15 is 0 Å². The second-order valence-corrected chi connectivity index (χ2v) is 8.60. The fourth-order valence-corrected chi connectivity index (χ4v) is 4.48. The summed E-state index contributed by atoms with van der Waals surface area (Å²) in [4.78, 5) is 15.3. The molecule has 2 aromatic carbocycles. The highest BCUT2D eigenvalue weighted by Gasteiger charge is 2.30. The third-order valence-corrected chi connectivity index (χ3v) is 6.33. The first-order valence-electron chi connectivity index (χ1n) is 10.8. The molecule has 2 heterocycles. The lowest BCUT2D eigenvalue weighted by atomic mass is 10.0. The van der Waals surface area contributed by atoms with Crippen LogP contribution in [-0.4, -0.2) is 39.2 Å². The number of benzene rings is 2. The lowest BCUT2D eigenvalue weighted by Crippen LogP contribution is -2.32. The molecule has 1 aliphatic heterocycles. The average molecular weight is 484 g/mol. The lowest BCUT2D eigenvalue weighted by molar-refractivity contribution is 0.337. The van der Waals surface area contributed by atoms with Crippen molar-refractivity contribution in [3.63, 3.8) is 0 Å². The minimum atomic E-state index is -0.479. The molecule has 1 aliphatic rings. The number of halogens is 2. The Hall–Kier alpha value is -3.02. The zero-order chi connectivity index (χ0) is 23.4. The molecule has 33 heavy (non-hydrogen) atoms. The van der Waals surface area contributed by atoms with Gasteiger partial charge in [-0.15, -0.1) is 0 Å². The number of hydrogen-bond donors (Lipinski definition) is 1. The van der Waals surface area contributed by atoms with Crippen LogP contribution in [0.3, 0.4) is 0 Å². The van der Waals surface area contributed by atoms with Gasteiger partial charge in [-0.05, 0) is 49.6 Å². The number of nitrogens with one attached hydrogen (secondary N) is 1. The summed E-state index contributed by atoms with van der Waals surface area (Å²) in [5, 5.41) is 4.05. The number of nitrogens with zero attached hydrogens (tertiary/aromatic N) is 4. The number of hydrogen-bond acceptors (Lipinski definition) is 5. The van der Waals surface area contributed by atoms with Crippen molar-refractivity contribution < 1.29 is 9.13 Å². The summed E-state index contributed by atoms with van der Waals surface area (Å²) >= 11 is 11.6. The molecule has 4 rings (SSSR count). The van der Waals surface area contributed by atoms with Crippen molar-refractivity contribution in [2.24, 2.45) is 0 Å². The van der Waals surface area contributed by atoms with Crippen LogP contribution in [0, 0.1) is 12.4 Å².